The van der Waals surface area contributed by atoms with E-state index in [4.69, 9.17) is 5.11 Å². The number of hydrogen-bond acceptors (Lipinski definition) is 3. The Kier molecular flexibility index (Phi) is 3.99. The number of carbonyl (C=O) groups excluding carboxylic acids is 1. The maximum absolute atomic E-state index is 12.1. The highest BCUT2D eigenvalue weighted by atomic mass is 16.4. The smallest absolute Gasteiger partial charge is 0.339 e. The number of carboxylic acid groups (broad SMARTS) is 1. The molecule has 2 N–H and O–H groups in total. The number of hydrogen-bond donors (Lipinski definition) is 2. The lowest BCUT2D eigenvalue weighted by molar-refractivity contribution is 0.0697. The van der Waals surface area contributed by atoms with Gasteiger partial charge in [-0.25, -0.2) is 14.6 Å². The predicted molar refractivity (Wildman–Crippen MR) is 70.2 cm³/mol. The fourth-order valence-corrected chi connectivity index (χ4v) is 2.23. The number of aromatic nitrogens is 1. The zero-order valence-electron chi connectivity index (χ0n) is 10.8. The molecule has 102 valence electrons. The van der Waals surface area contributed by atoms with Crippen LogP contribution in [-0.2, 0) is 0 Å². The first-order chi connectivity index (χ1) is 9.08. The Labute approximate surface area is 111 Å². The molecule has 2 heterocycles. The van der Waals surface area contributed by atoms with Gasteiger partial charge in [0.2, 0.25) is 0 Å². The predicted octanol–water partition coefficient (Wildman–Crippen LogP) is 2.04. The highest BCUT2D eigenvalue weighted by Crippen LogP contribution is 2.17. The lowest BCUT2D eigenvalue weighted by atomic mass is 10.0. The molecule has 1 aromatic heterocycles. The van der Waals surface area contributed by atoms with E-state index in [2.05, 4.69) is 17.2 Å². The Hall–Kier alpha value is -2.11. The standard InChI is InChI=1S/C13H17N3O3/c1-9-4-3-7-16(8-9)13(19)15-11-10(12(17)18)5-2-6-14-11/h2,5-6,9H,3-4,7-8H2,1H3,(H,17,18)(H,14,15,19). The molecule has 1 aliphatic heterocycles. The Morgan fingerprint density at radius 3 is 3.00 bits per heavy atom. The molecule has 1 aromatic rings. The quantitative estimate of drug-likeness (QED) is 0.855. The molecule has 0 bridgehead atoms. The number of likely N-dealkylation sites (tertiary alicyclic amines) is 1. The van der Waals surface area contributed by atoms with Crippen molar-refractivity contribution >= 4 is 17.8 Å². The number of aromatic carboxylic acids is 1. The highest BCUT2D eigenvalue weighted by molar-refractivity contribution is 5.98. The van der Waals surface area contributed by atoms with Crippen LogP contribution in [-0.4, -0.2) is 40.1 Å². The zero-order valence-corrected chi connectivity index (χ0v) is 10.8. The number of rotatable bonds is 2. The molecule has 0 saturated carbocycles. The van der Waals surface area contributed by atoms with Gasteiger partial charge in [-0.1, -0.05) is 6.92 Å². The average Bonchev–Trinajstić information content (AvgIpc) is 2.39. The van der Waals surface area contributed by atoms with Crippen LogP contribution in [0.15, 0.2) is 18.3 Å². The first kappa shape index (κ1) is 13.3. The highest BCUT2D eigenvalue weighted by Gasteiger charge is 2.22. The molecule has 6 nitrogen and oxygen atoms in total. The molecule has 1 unspecified atom stereocenters. The van der Waals surface area contributed by atoms with Crippen LogP contribution in [0.2, 0.25) is 0 Å². The van der Waals surface area contributed by atoms with Crippen LogP contribution in [0.5, 0.6) is 0 Å². The molecular formula is C13H17N3O3. The maximum Gasteiger partial charge on any atom is 0.339 e. The molecule has 1 fully saturated rings. The van der Waals surface area contributed by atoms with Gasteiger partial charge in [0.1, 0.15) is 11.4 Å². The van der Waals surface area contributed by atoms with Gasteiger partial charge >= 0.3 is 12.0 Å². The van der Waals surface area contributed by atoms with Crippen LogP contribution >= 0.6 is 0 Å². The molecule has 19 heavy (non-hydrogen) atoms. The zero-order chi connectivity index (χ0) is 13.8. The molecule has 1 atom stereocenters. The fraction of sp³-hybridized carbons (Fsp3) is 0.462. The van der Waals surface area contributed by atoms with Gasteiger partial charge in [-0.3, -0.25) is 5.32 Å². The molecule has 2 rings (SSSR count). The minimum absolute atomic E-state index is 0.000841. The van der Waals surface area contributed by atoms with Crippen LogP contribution in [0.3, 0.4) is 0 Å². The number of nitrogens with zero attached hydrogens (tertiary/aromatic N) is 2. The summed E-state index contributed by atoms with van der Waals surface area (Å²) < 4.78 is 0. The summed E-state index contributed by atoms with van der Waals surface area (Å²) in [5, 5.41) is 11.6. The van der Waals surface area contributed by atoms with Gasteiger partial charge in [0.25, 0.3) is 0 Å². The van der Waals surface area contributed by atoms with Crippen LogP contribution in [0, 0.1) is 5.92 Å². The lowest BCUT2D eigenvalue weighted by Crippen LogP contribution is -2.42. The second-order valence-corrected chi connectivity index (χ2v) is 4.83. The maximum atomic E-state index is 12.1. The summed E-state index contributed by atoms with van der Waals surface area (Å²) in [5.74, 6) is -0.532. The first-order valence-electron chi connectivity index (χ1n) is 6.32. The summed E-state index contributed by atoms with van der Waals surface area (Å²) in [5.41, 5.74) is 0.000841. The van der Waals surface area contributed by atoms with Crippen LogP contribution < -0.4 is 5.32 Å². The average molecular weight is 263 g/mol. The van der Waals surface area contributed by atoms with Crippen LogP contribution in [0.25, 0.3) is 0 Å². The summed E-state index contributed by atoms with van der Waals surface area (Å²) >= 11 is 0. The topological polar surface area (TPSA) is 82.5 Å². The number of nitrogens with one attached hydrogen (secondary N) is 1. The van der Waals surface area contributed by atoms with Crippen molar-refractivity contribution < 1.29 is 14.7 Å². The van der Waals surface area contributed by atoms with Crippen LogP contribution in [0.4, 0.5) is 10.6 Å². The van der Waals surface area contributed by atoms with Crippen molar-refractivity contribution in [3.8, 4) is 0 Å². The molecule has 1 saturated heterocycles. The largest absolute Gasteiger partial charge is 0.478 e. The summed E-state index contributed by atoms with van der Waals surface area (Å²) in [6.07, 6.45) is 3.55. The van der Waals surface area contributed by atoms with Crippen molar-refractivity contribution in [2.75, 3.05) is 18.4 Å². The SMILES string of the molecule is CC1CCCN(C(=O)Nc2ncccc2C(=O)O)C1. The van der Waals surface area contributed by atoms with E-state index in [1.54, 1.807) is 4.90 Å². The van der Waals surface area contributed by atoms with Crippen molar-refractivity contribution in [3.63, 3.8) is 0 Å². The third kappa shape index (κ3) is 3.21. The van der Waals surface area contributed by atoms with Gasteiger partial charge in [0.05, 0.1) is 0 Å². The number of carbonyl (C=O) groups is 2. The van der Waals surface area contributed by atoms with Crippen LogP contribution in [0.1, 0.15) is 30.1 Å². The molecule has 6 heteroatoms. The number of pyridine rings is 1. The van der Waals surface area contributed by atoms with Crippen molar-refractivity contribution in [3.05, 3.63) is 23.9 Å². The Morgan fingerprint density at radius 2 is 2.32 bits per heavy atom. The van der Waals surface area contributed by atoms with E-state index >= 15 is 0 Å². The minimum atomic E-state index is -1.10. The van der Waals surface area contributed by atoms with E-state index in [9.17, 15) is 9.59 Å². The third-order valence-electron chi connectivity index (χ3n) is 3.21. The second kappa shape index (κ2) is 5.69. The Balaban J connectivity index is 2.08. The van der Waals surface area contributed by atoms with Gasteiger partial charge < -0.3 is 10.0 Å². The van der Waals surface area contributed by atoms with Gasteiger partial charge in [0, 0.05) is 19.3 Å². The van der Waals surface area contributed by atoms with E-state index in [0.29, 0.717) is 19.0 Å². The summed E-state index contributed by atoms with van der Waals surface area (Å²) in [7, 11) is 0. The number of carboxylic acids is 1. The van der Waals surface area contributed by atoms with E-state index in [-0.39, 0.29) is 17.4 Å². The monoisotopic (exact) mass is 263 g/mol. The summed E-state index contributed by atoms with van der Waals surface area (Å²) in [6.45, 7) is 3.50. The molecule has 0 radical (unpaired) electrons. The Morgan fingerprint density at radius 1 is 1.53 bits per heavy atom. The van der Waals surface area contributed by atoms with Crippen molar-refractivity contribution in [2.24, 2.45) is 5.92 Å². The van der Waals surface area contributed by atoms with Crippen molar-refractivity contribution in [1.29, 1.82) is 0 Å². The van der Waals surface area contributed by atoms with E-state index < -0.39 is 5.97 Å². The molecule has 0 spiro atoms. The summed E-state index contributed by atoms with van der Waals surface area (Å²) in [6, 6.07) is 2.67. The van der Waals surface area contributed by atoms with Gasteiger partial charge in [-0.2, -0.15) is 0 Å². The molecule has 0 aliphatic carbocycles. The lowest BCUT2D eigenvalue weighted by Gasteiger charge is -2.30. The number of amides is 2. The molecule has 1 aliphatic rings. The molecule has 0 aromatic carbocycles. The first-order valence-corrected chi connectivity index (χ1v) is 6.32. The minimum Gasteiger partial charge on any atom is -0.478 e. The number of piperidine rings is 1. The van der Waals surface area contributed by atoms with E-state index in [0.717, 1.165) is 12.8 Å². The van der Waals surface area contributed by atoms with E-state index in [1.165, 1.54) is 18.3 Å². The molecular weight excluding hydrogens is 246 g/mol. The summed E-state index contributed by atoms with van der Waals surface area (Å²) in [4.78, 5) is 28.7. The van der Waals surface area contributed by atoms with E-state index in [1.807, 2.05) is 0 Å². The fourth-order valence-electron chi connectivity index (χ4n) is 2.23. The van der Waals surface area contributed by atoms with Gasteiger partial charge in [-0.15, -0.1) is 0 Å². The number of anilines is 1. The van der Waals surface area contributed by atoms with Gasteiger partial charge in [0.15, 0.2) is 0 Å². The normalized spacial score (nSPS) is 19.0. The Bertz CT molecular complexity index is 490. The van der Waals surface area contributed by atoms with Gasteiger partial charge in [-0.05, 0) is 30.9 Å². The second-order valence-electron chi connectivity index (χ2n) is 4.83. The molecule has 2 amide bonds. The van der Waals surface area contributed by atoms with Crippen molar-refractivity contribution in [2.45, 2.75) is 19.8 Å². The number of urea groups is 1. The van der Waals surface area contributed by atoms with Crippen molar-refractivity contribution in [1.82, 2.24) is 9.88 Å². The third-order valence-corrected chi connectivity index (χ3v) is 3.21.